The van der Waals surface area contributed by atoms with Gasteiger partial charge in [0.05, 0.1) is 17.7 Å². The number of ether oxygens (including phenoxy) is 1. The number of nitrogens with zero attached hydrogens (tertiary/aromatic N) is 2. The third kappa shape index (κ3) is 3.40. The van der Waals surface area contributed by atoms with Gasteiger partial charge in [0.1, 0.15) is 5.75 Å². The molecule has 0 unspecified atom stereocenters. The first-order chi connectivity index (χ1) is 15.0. The maximum atomic E-state index is 12.9. The van der Waals surface area contributed by atoms with E-state index >= 15 is 0 Å². The average Bonchev–Trinajstić information content (AvgIpc) is 3.07. The highest BCUT2D eigenvalue weighted by atomic mass is 16.5. The number of carbonyl (C=O) groups is 1. The Morgan fingerprint density at radius 2 is 1.61 bits per heavy atom. The van der Waals surface area contributed by atoms with Gasteiger partial charge in [-0.05, 0) is 58.0 Å². The molecule has 3 aromatic carbocycles. The molecular weight excluding hydrogens is 388 g/mol. The lowest BCUT2D eigenvalue weighted by molar-refractivity contribution is 0.0527. The molecule has 0 bridgehead atoms. The zero-order chi connectivity index (χ0) is 22.1. The second-order valence-corrected chi connectivity index (χ2v) is 7.54. The predicted molar refractivity (Wildman–Crippen MR) is 127 cm³/mol. The molecule has 4 aromatic rings. The number of esters is 1. The lowest BCUT2D eigenvalue weighted by atomic mass is 10.0. The van der Waals surface area contributed by atoms with Crippen molar-refractivity contribution in [1.82, 2.24) is 4.57 Å². The minimum Gasteiger partial charge on any atom is -0.507 e. The number of phenols is 1. The van der Waals surface area contributed by atoms with Crippen LogP contribution in [0, 0.1) is 6.92 Å². The highest BCUT2D eigenvalue weighted by molar-refractivity contribution is 6.16. The SMILES string of the molecule is CCOC(=O)c1c(C)n(-c2ccc(N(CC)CC)cc2)c2c1cc(O)c1ccccc12. The summed E-state index contributed by atoms with van der Waals surface area (Å²) in [5.41, 5.74) is 4.30. The number of fused-ring (bicyclic) bond motifs is 3. The van der Waals surface area contributed by atoms with Crippen molar-refractivity contribution in [2.45, 2.75) is 27.7 Å². The molecule has 0 aliphatic heterocycles. The van der Waals surface area contributed by atoms with Crippen LogP contribution in [0.3, 0.4) is 0 Å². The van der Waals surface area contributed by atoms with E-state index in [1.54, 1.807) is 13.0 Å². The number of aromatic nitrogens is 1. The fraction of sp³-hybridized carbons (Fsp3) is 0.269. The van der Waals surface area contributed by atoms with Gasteiger partial charge in [0.15, 0.2) is 0 Å². The molecule has 31 heavy (non-hydrogen) atoms. The highest BCUT2D eigenvalue weighted by Gasteiger charge is 2.24. The molecule has 0 saturated heterocycles. The normalized spacial score (nSPS) is 11.2. The van der Waals surface area contributed by atoms with Gasteiger partial charge in [-0.2, -0.15) is 0 Å². The van der Waals surface area contributed by atoms with Crippen molar-refractivity contribution in [3.63, 3.8) is 0 Å². The molecule has 0 atom stereocenters. The Hall–Kier alpha value is -3.47. The first-order valence-corrected chi connectivity index (χ1v) is 10.8. The molecule has 0 radical (unpaired) electrons. The summed E-state index contributed by atoms with van der Waals surface area (Å²) in [7, 11) is 0. The van der Waals surface area contributed by atoms with Crippen LogP contribution >= 0.6 is 0 Å². The maximum absolute atomic E-state index is 12.9. The third-order valence-corrected chi connectivity index (χ3v) is 5.90. The van der Waals surface area contributed by atoms with Crippen LogP contribution in [-0.4, -0.2) is 35.3 Å². The van der Waals surface area contributed by atoms with E-state index in [4.69, 9.17) is 4.74 Å². The van der Waals surface area contributed by atoms with Crippen LogP contribution in [-0.2, 0) is 4.74 Å². The van der Waals surface area contributed by atoms with Gasteiger partial charge in [0.2, 0.25) is 0 Å². The molecule has 0 amide bonds. The van der Waals surface area contributed by atoms with Crippen LogP contribution in [0.15, 0.2) is 54.6 Å². The van der Waals surface area contributed by atoms with Gasteiger partial charge in [-0.1, -0.05) is 24.3 Å². The summed E-state index contributed by atoms with van der Waals surface area (Å²) >= 11 is 0. The van der Waals surface area contributed by atoms with Crippen molar-refractivity contribution in [3.8, 4) is 11.4 Å². The lowest BCUT2D eigenvalue weighted by Gasteiger charge is -2.21. The van der Waals surface area contributed by atoms with Crippen molar-refractivity contribution in [1.29, 1.82) is 0 Å². The summed E-state index contributed by atoms with van der Waals surface area (Å²) < 4.78 is 7.45. The van der Waals surface area contributed by atoms with Crippen LogP contribution in [0.2, 0.25) is 0 Å². The first-order valence-electron chi connectivity index (χ1n) is 10.8. The summed E-state index contributed by atoms with van der Waals surface area (Å²) in [5, 5.41) is 13.0. The predicted octanol–water partition coefficient (Wildman–Crippen LogP) is 5.82. The zero-order valence-electron chi connectivity index (χ0n) is 18.5. The van der Waals surface area contributed by atoms with Crippen LogP contribution in [0.5, 0.6) is 5.75 Å². The number of hydrogen-bond acceptors (Lipinski definition) is 4. The summed E-state index contributed by atoms with van der Waals surface area (Å²) in [6.45, 7) is 10.2. The zero-order valence-corrected chi connectivity index (χ0v) is 18.5. The number of rotatable bonds is 6. The smallest absolute Gasteiger partial charge is 0.340 e. The van der Waals surface area contributed by atoms with Gasteiger partial charge in [-0.3, -0.25) is 0 Å². The van der Waals surface area contributed by atoms with Gasteiger partial charge in [-0.25, -0.2) is 4.79 Å². The molecule has 1 N–H and O–H groups in total. The van der Waals surface area contributed by atoms with Crippen LogP contribution < -0.4 is 4.90 Å². The summed E-state index contributed by atoms with van der Waals surface area (Å²) in [6, 6.07) is 17.8. The molecule has 4 rings (SSSR count). The van der Waals surface area contributed by atoms with E-state index in [1.165, 1.54) is 0 Å². The van der Waals surface area contributed by atoms with E-state index in [0.717, 1.165) is 46.4 Å². The number of hydrogen-bond donors (Lipinski definition) is 1. The molecule has 1 aromatic heterocycles. The summed E-state index contributed by atoms with van der Waals surface area (Å²) in [4.78, 5) is 15.2. The highest BCUT2D eigenvalue weighted by Crippen LogP contribution is 2.39. The molecule has 5 heteroatoms. The summed E-state index contributed by atoms with van der Waals surface area (Å²) in [6.07, 6.45) is 0. The van der Waals surface area contributed by atoms with Crippen molar-refractivity contribution in [3.05, 3.63) is 65.9 Å². The van der Waals surface area contributed by atoms with Gasteiger partial charge in [-0.15, -0.1) is 0 Å². The molecule has 1 heterocycles. The second-order valence-electron chi connectivity index (χ2n) is 7.54. The van der Waals surface area contributed by atoms with Crippen LogP contribution in [0.25, 0.3) is 27.4 Å². The number of carbonyl (C=O) groups excluding carboxylic acids is 1. The Bertz CT molecular complexity index is 1250. The molecule has 5 nitrogen and oxygen atoms in total. The minimum absolute atomic E-state index is 0.155. The molecule has 0 fully saturated rings. The maximum Gasteiger partial charge on any atom is 0.340 e. The van der Waals surface area contributed by atoms with Crippen molar-refractivity contribution >= 4 is 33.3 Å². The number of aromatic hydroxyl groups is 1. The molecule has 0 aliphatic carbocycles. The van der Waals surface area contributed by atoms with Crippen molar-refractivity contribution in [2.75, 3.05) is 24.6 Å². The van der Waals surface area contributed by atoms with E-state index in [-0.39, 0.29) is 11.7 Å². The topological polar surface area (TPSA) is 54.7 Å². The first kappa shape index (κ1) is 20.8. The molecule has 0 saturated carbocycles. The third-order valence-electron chi connectivity index (χ3n) is 5.90. The van der Waals surface area contributed by atoms with Crippen LogP contribution in [0.1, 0.15) is 36.8 Å². The largest absolute Gasteiger partial charge is 0.507 e. The van der Waals surface area contributed by atoms with E-state index in [2.05, 4.69) is 47.6 Å². The van der Waals surface area contributed by atoms with Crippen LogP contribution in [0.4, 0.5) is 5.69 Å². The number of anilines is 1. The second kappa shape index (κ2) is 8.34. The van der Waals surface area contributed by atoms with Crippen molar-refractivity contribution < 1.29 is 14.6 Å². The Kier molecular flexibility index (Phi) is 5.59. The van der Waals surface area contributed by atoms with E-state index in [1.807, 2.05) is 31.2 Å². The fourth-order valence-electron chi connectivity index (χ4n) is 4.43. The molecule has 0 spiro atoms. The van der Waals surface area contributed by atoms with Crippen molar-refractivity contribution in [2.24, 2.45) is 0 Å². The lowest BCUT2D eigenvalue weighted by Crippen LogP contribution is -2.21. The quantitative estimate of drug-likeness (QED) is 0.402. The number of phenolic OH excluding ortho intramolecular Hbond substituents is 1. The summed E-state index contributed by atoms with van der Waals surface area (Å²) in [5.74, 6) is -0.221. The fourth-order valence-corrected chi connectivity index (χ4v) is 4.43. The van der Waals surface area contributed by atoms with E-state index < -0.39 is 0 Å². The Balaban J connectivity index is 2.04. The van der Waals surface area contributed by atoms with E-state index in [0.29, 0.717) is 17.6 Å². The minimum atomic E-state index is -0.377. The molecule has 0 aliphatic rings. The number of benzene rings is 3. The average molecular weight is 417 g/mol. The van der Waals surface area contributed by atoms with Gasteiger partial charge >= 0.3 is 5.97 Å². The van der Waals surface area contributed by atoms with E-state index in [9.17, 15) is 9.90 Å². The molecule has 160 valence electrons. The Morgan fingerprint density at radius 1 is 0.968 bits per heavy atom. The Morgan fingerprint density at radius 3 is 2.23 bits per heavy atom. The Labute approximate surface area is 182 Å². The standard InChI is InChI=1S/C26H28N2O3/c1-5-27(6-2)18-12-14-19(15-13-18)28-17(4)24(26(30)31-7-3)22-16-23(29)20-10-8-9-11-21(20)25(22)28/h8-16,29H,5-7H2,1-4H3. The van der Waals surface area contributed by atoms with Gasteiger partial charge < -0.3 is 19.3 Å². The van der Waals surface area contributed by atoms with Gasteiger partial charge in [0.25, 0.3) is 0 Å². The molecular formula is C26H28N2O3. The monoisotopic (exact) mass is 416 g/mol. The van der Waals surface area contributed by atoms with Gasteiger partial charge in [0, 0.05) is 46.3 Å².